The highest BCUT2D eigenvalue weighted by Crippen LogP contribution is 2.25. The summed E-state index contributed by atoms with van der Waals surface area (Å²) in [6.07, 6.45) is 3.96. The van der Waals surface area contributed by atoms with Gasteiger partial charge in [0.05, 0.1) is 6.20 Å². The van der Waals surface area contributed by atoms with Crippen molar-refractivity contribution < 1.29 is 8.42 Å². The van der Waals surface area contributed by atoms with Gasteiger partial charge in [-0.3, -0.25) is 0 Å². The molecule has 2 unspecified atom stereocenters. The SMILES string of the molecule is CCc1ncc(S(=O)(=O)N2CCC(NC)C(CC)C2)[nH]1. The molecule has 0 aliphatic carbocycles. The molecule has 1 aromatic rings. The van der Waals surface area contributed by atoms with Crippen LogP contribution in [0.25, 0.3) is 0 Å². The average Bonchev–Trinajstić information content (AvgIpc) is 2.96. The van der Waals surface area contributed by atoms with Crippen LogP contribution in [0.15, 0.2) is 11.2 Å². The van der Waals surface area contributed by atoms with E-state index in [9.17, 15) is 8.42 Å². The fourth-order valence-corrected chi connectivity index (χ4v) is 4.25. The van der Waals surface area contributed by atoms with Crippen molar-refractivity contribution in [1.29, 1.82) is 0 Å². The predicted molar refractivity (Wildman–Crippen MR) is 78.0 cm³/mol. The Balaban J connectivity index is 2.18. The molecule has 0 bridgehead atoms. The van der Waals surface area contributed by atoms with Gasteiger partial charge in [0.15, 0.2) is 5.03 Å². The maximum Gasteiger partial charge on any atom is 0.260 e. The lowest BCUT2D eigenvalue weighted by molar-refractivity contribution is 0.209. The lowest BCUT2D eigenvalue weighted by atomic mass is 9.91. The van der Waals surface area contributed by atoms with Crippen LogP contribution < -0.4 is 5.32 Å². The van der Waals surface area contributed by atoms with Crippen LogP contribution in [0.5, 0.6) is 0 Å². The molecule has 7 heteroatoms. The molecule has 20 heavy (non-hydrogen) atoms. The molecule has 0 radical (unpaired) electrons. The minimum absolute atomic E-state index is 0.215. The molecule has 2 heterocycles. The minimum Gasteiger partial charge on any atom is -0.332 e. The van der Waals surface area contributed by atoms with Gasteiger partial charge < -0.3 is 10.3 Å². The second kappa shape index (κ2) is 6.24. The molecule has 1 aliphatic heterocycles. The summed E-state index contributed by atoms with van der Waals surface area (Å²) in [4.78, 5) is 6.99. The lowest BCUT2D eigenvalue weighted by Gasteiger charge is -2.37. The van der Waals surface area contributed by atoms with Crippen LogP contribution in [0.3, 0.4) is 0 Å². The first-order chi connectivity index (χ1) is 9.52. The summed E-state index contributed by atoms with van der Waals surface area (Å²) in [5.74, 6) is 1.07. The Morgan fingerprint density at radius 3 is 2.80 bits per heavy atom. The van der Waals surface area contributed by atoms with Crippen molar-refractivity contribution in [2.24, 2.45) is 5.92 Å². The van der Waals surface area contributed by atoms with Crippen LogP contribution in [-0.2, 0) is 16.4 Å². The molecule has 1 aromatic heterocycles. The summed E-state index contributed by atoms with van der Waals surface area (Å²) in [7, 11) is -1.49. The van der Waals surface area contributed by atoms with Crippen LogP contribution in [0.4, 0.5) is 0 Å². The molecule has 0 aromatic carbocycles. The summed E-state index contributed by atoms with van der Waals surface area (Å²) in [6.45, 7) is 5.19. The number of hydrogen-bond acceptors (Lipinski definition) is 4. The first-order valence-electron chi connectivity index (χ1n) is 7.24. The number of nitrogens with one attached hydrogen (secondary N) is 2. The van der Waals surface area contributed by atoms with E-state index in [0.717, 1.165) is 12.8 Å². The van der Waals surface area contributed by atoms with E-state index in [2.05, 4.69) is 22.2 Å². The normalized spacial score (nSPS) is 24.9. The molecule has 1 fully saturated rings. The van der Waals surface area contributed by atoms with Crippen molar-refractivity contribution in [3.05, 3.63) is 12.0 Å². The van der Waals surface area contributed by atoms with E-state index in [1.165, 1.54) is 6.20 Å². The van der Waals surface area contributed by atoms with Gasteiger partial charge in [-0.1, -0.05) is 20.3 Å². The molecule has 114 valence electrons. The van der Waals surface area contributed by atoms with Crippen molar-refractivity contribution >= 4 is 10.0 Å². The van der Waals surface area contributed by atoms with Gasteiger partial charge in [0, 0.05) is 25.6 Å². The van der Waals surface area contributed by atoms with Crippen molar-refractivity contribution in [2.75, 3.05) is 20.1 Å². The Bertz CT molecular complexity index is 540. The third-order valence-electron chi connectivity index (χ3n) is 4.15. The Morgan fingerprint density at radius 2 is 2.25 bits per heavy atom. The van der Waals surface area contributed by atoms with Crippen molar-refractivity contribution in [1.82, 2.24) is 19.6 Å². The van der Waals surface area contributed by atoms with E-state index in [1.54, 1.807) is 4.31 Å². The molecular formula is C13H24N4O2S. The summed E-state index contributed by atoms with van der Waals surface area (Å²) in [5.41, 5.74) is 0. The monoisotopic (exact) mass is 300 g/mol. The fraction of sp³-hybridized carbons (Fsp3) is 0.769. The third-order valence-corrected chi connectivity index (χ3v) is 5.92. The van der Waals surface area contributed by atoms with E-state index in [0.29, 0.717) is 37.3 Å². The van der Waals surface area contributed by atoms with Gasteiger partial charge in [0.2, 0.25) is 0 Å². The maximum absolute atomic E-state index is 12.6. The Morgan fingerprint density at radius 1 is 1.50 bits per heavy atom. The predicted octanol–water partition coefficient (Wildman–Crippen LogP) is 0.981. The Labute approximate surface area is 121 Å². The van der Waals surface area contributed by atoms with Gasteiger partial charge in [-0.05, 0) is 19.4 Å². The zero-order chi connectivity index (χ0) is 14.8. The van der Waals surface area contributed by atoms with E-state index >= 15 is 0 Å². The largest absolute Gasteiger partial charge is 0.332 e. The van der Waals surface area contributed by atoms with Gasteiger partial charge in [0.25, 0.3) is 10.0 Å². The van der Waals surface area contributed by atoms with Crippen LogP contribution in [0.2, 0.25) is 0 Å². The highest BCUT2D eigenvalue weighted by Gasteiger charge is 2.34. The standard InChI is InChI=1S/C13H24N4O2S/c1-4-10-9-17(7-6-11(10)14-3)20(18,19)13-8-15-12(5-2)16-13/h8,10-11,14H,4-7,9H2,1-3H3,(H,15,16). The van der Waals surface area contributed by atoms with Crippen molar-refractivity contribution in [3.8, 4) is 0 Å². The number of hydrogen-bond donors (Lipinski definition) is 2. The molecule has 0 saturated carbocycles. The van der Waals surface area contributed by atoms with Gasteiger partial charge in [-0.25, -0.2) is 13.4 Å². The summed E-state index contributed by atoms with van der Waals surface area (Å²) in [6, 6.07) is 0.402. The number of rotatable bonds is 5. The number of aromatic nitrogens is 2. The van der Waals surface area contributed by atoms with Crippen LogP contribution >= 0.6 is 0 Å². The average molecular weight is 300 g/mol. The van der Waals surface area contributed by atoms with E-state index in [1.807, 2.05) is 14.0 Å². The topological polar surface area (TPSA) is 78.1 Å². The highest BCUT2D eigenvalue weighted by molar-refractivity contribution is 7.89. The molecule has 1 aliphatic rings. The van der Waals surface area contributed by atoms with Crippen LogP contribution in [0, 0.1) is 5.92 Å². The number of sulfonamides is 1. The lowest BCUT2D eigenvalue weighted by Crippen LogP contribution is -2.50. The molecule has 2 rings (SSSR count). The van der Waals surface area contributed by atoms with Crippen molar-refractivity contribution in [3.63, 3.8) is 0 Å². The van der Waals surface area contributed by atoms with Crippen molar-refractivity contribution in [2.45, 2.75) is 44.2 Å². The van der Waals surface area contributed by atoms with Crippen LogP contribution in [0.1, 0.15) is 32.5 Å². The highest BCUT2D eigenvalue weighted by atomic mass is 32.2. The molecule has 0 spiro atoms. The van der Waals surface area contributed by atoms with Gasteiger partial charge in [-0.15, -0.1) is 0 Å². The number of imidazole rings is 1. The van der Waals surface area contributed by atoms with Crippen LogP contribution in [-0.4, -0.2) is 48.9 Å². The minimum atomic E-state index is -3.44. The first-order valence-corrected chi connectivity index (χ1v) is 8.68. The second-order valence-corrected chi connectivity index (χ2v) is 7.17. The van der Waals surface area contributed by atoms with Gasteiger partial charge in [0.1, 0.15) is 5.82 Å². The molecule has 2 N–H and O–H groups in total. The number of nitrogens with zero attached hydrogens (tertiary/aromatic N) is 2. The van der Waals surface area contributed by atoms with E-state index < -0.39 is 10.0 Å². The Hall–Kier alpha value is -0.920. The maximum atomic E-state index is 12.6. The summed E-state index contributed by atoms with van der Waals surface area (Å²) >= 11 is 0. The third kappa shape index (κ3) is 2.89. The van der Waals surface area contributed by atoms with Gasteiger partial charge in [-0.2, -0.15) is 4.31 Å². The zero-order valence-electron chi connectivity index (χ0n) is 12.4. The quantitative estimate of drug-likeness (QED) is 0.850. The molecular weight excluding hydrogens is 276 g/mol. The molecule has 0 amide bonds. The molecule has 2 atom stereocenters. The van der Waals surface area contributed by atoms with Gasteiger partial charge >= 0.3 is 0 Å². The van der Waals surface area contributed by atoms with E-state index in [-0.39, 0.29) is 5.03 Å². The number of aryl methyl sites for hydroxylation is 1. The summed E-state index contributed by atoms with van der Waals surface area (Å²) < 4.78 is 26.8. The number of aromatic amines is 1. The Kier molecular flexibility index (Phi) is 4.82. The summed E-state index contributed by atoms with van der Waals surface area (Å²) in [5, 5.41) is 3.50. The first kappa shape index (κ1) is 15.5. The smallest absolute Gasteiger partial charge is 0.260 e. The number of H-pyrrole nitrogens is 1. The molecule has 1 saturated heterocycles. The molecule has 6 nitrogen and oxygen atoms in total. The fourth-order valence-electron chi connectivity index (χ4n) is 2.80. The number of piperidine rings is 1. The van der Waals surface area contributed by atoms with E-state index in [4.69, 9.17) is 0 Å². The zero-order valence-corrected chi connectivity index (χ0v) is 13.2. The second-order valence-electron chi connectivity index (χ2n) is 5.26.